The maximum Gasteiger partial charge on any atom is 0.0597 e. The van der Waals surface area contributed by atoms with E-state index in [4.69, 9.17) is 10.5 Å². The molecule has 96 valence electrons. The van der Waals surface area contributed by atoms with Crippen LogP contribution >= 0.6 is 0 Å². The fourth-order valence-corrected chi connectivity index (χ4v) is 1.74. The molecule has 0 saturated carbocycles. The normalized spacial score (nSPS) is 13.3. The van der Waals surface area contributed by atoms with Crippen molar-refractivity contribution in [2.24, 2.45) is 5.73 Å². The predicted molar refractivity (Wildman–Crippen MR) is 69.8 cm³/mol. The highest BCUT2D eigenvalue weighted by molar-refractivity contribution is 5.15. The summed E-state index contributed by atoms with van der Waals surface area (Å²) < 4.78 is 5.55. The number of likely N-dealkylation sites (N-methyl/N-ethyl adjacent to an activating group) is 1. The van der Waals surface area contributed by atoms with Crippen LogP contribution in [0.5, 0.6) is 0 Å². The number of ether oxygens (including phenoxy) is 1. The zero-order valence-electron chi connectivity index (χ0n) is 11.0. The highest BCUT2D eigenvalue weighted by Gasteiger charge is 2.14. The summed E-state index contributed by atoms with van der Waals surface area (Å²) in [5.74, 6) is 0. The number of nitrogens with zero attached hydrogens (tertiary/aromatic N) is 2. The Morgan fingerprint density at radius 3 is 2.53 bits per heavy atom. The molecule has 4 heteroatoms. The number of hydrogen-bond donors (Lipinski definition) is 1. The summed E-state index contributed by atoms with van der Waals surface area (Å²) in [6.45, 7) is 6.30. The second-order valence-corrected chi connectivity index (χ2v) is 4.43. The minimum atomic E-state index is 0.230. The average Bonchev–Trinajstić information content (AvgIpc) is 2.31. The van der Waals surface area contributed by atoms with E-state index in [2.05, 4.69) is 16.9 Å². The lowest BCUT2D eigenvalue weighted by Crippen LogP contribution is -2.33. The molecule has 1 rings (SSSR count). The zero-order chi connectivity index (χ0) is 12.7. The Bertz CT molecular complexity index is 303. The molecule has 0 aromatic carbocycles. The van der Waals surface area contributed by atoms with Crippen LogP contribution in [0.2, 0.25) is 0 Å². The molecule has 0 aliphatic carbocycles. The Morgan fingerprint density at radius 2 is 2.00 bits per heavy atom. The van der Waals surface area contributed by atoms with Crippen LogP contribution in [0.4, 0.5) is 0 Å². The molecule has 0 bridgehead atoms. The minimum Gasteiger partial charge on any atom is -0.377 e. The van der Waals surface area contributed by atoms with Gasteiger partial charge in [0.25, 0.3) is 0 Å². The number of rotatable bonds is 7. The summed E-state index contributed by atoms with van der Waals surface area (Å²) in [6, 6.07) is 4.25. The van der Waals surface area contributed by atoms with Crippen LogP contribution in [-0.4, -0.2) is 42.7 Å². The van der Waals surface area contributed by atoms with E-state index < -0.39 is 0 Å². The fourth-order valence-electron chi connectivity index (χ4n) is 1.74. The second-order valence-electron chi connectivity index (χ2n) is 4.43. The quantitative estimate of drug-likeness (QED) is 0.779. The SMILES string of the molecule is CC(C)OCCN(C)C(CN)c1ccncc1. The van der Waals surface area contributed by atoms with E-state index in [0.29, 0.717) is 6.54 Å². The zero-order valence-corrected chi connectivity index (χ0v) is 11.0. The first-order chi connectivity index (χ1) is 8.15. The van der Waals surface area contributed by atoms with Crippen LogP contribution in [0.1, 0.15) is 25.5 Å². The number of nitrogens with two attached hydrogens (primary N) is 1. The van der Waals surface area contributed by atoms with Crippen LogP contribution in [-0.2, 0) is 4.74 Å². The van der Waals surface area contributed by atoms with Crippen molar-refractivity contribution in [3.8, 4) is 0 Å². The lowest BCUT2D eigenvalue weighted by Gasteiger charge is -2.27. The van der Waals surface area contributed by atoms with E-state index in [0.717, 1.165) is 13.2 Å². The molecule has 1 aromatic heterocycles. The van der Waals surface area contributed by atoms with Crippen molar-refractivity contribution >= 4 is 0 Å². The number of aromatic nitrogens is 1. The van der Waals surface area contributed by atoms with Gasteiger partial charge in [0.15, 0.2) is 0 Å². The Labute approximate surface area is 104 Å². The Hall–Kier alpha value is -0.970. The molecule has 0 saturated heterocycles. The van der Waals surface area contributed by atoms with Gasteiger partial charge < -0.3 is 10.5 Å². The van der Waals surface area contributed by atoms with Crippen molar-refractivity contribution in [2.45, 2.75) is 26.0 Å². The van der Waals surface area contributed by atoms with Gasteiger partial charge >= 0.3 is 0 Å². The van der Waals surface area contributed by atoms with Gasteiger partial charge in [0.05, 0.1) is 12.7 Å². The van der Waals surface area contributed by atoms with Crippen LogP contribution in [0, 0.1) is 0 Å². The maximum atomic E-state index is 5.83. The molecule has 17 heavy (non-hydrogen) atoms. The van der Waals surface area contributed by atoms with Crippen molar-refractivity contribution < 1.29 is 4.74 Å². The van der Waals surface area contributed by atoms with Gasteiger partial charge in [-0.2, -0.15) is 0 Å². The first kappa shape index (κ1) is 14.1. The van der Waals surface area contributed by atoms with Gasteiger partial charge in [-0.3, -0.25) is 9.88 Å². The molecule has 0 aliphatic heterocycles. The van der Waals surface area contributed by atoms with Gasteiger partial charge in [-0.25, -0.2) is 0 Å². The van der Waals surface area contributed by atoms with Gasteiger partial charge in [-0.05, 0) is 38.6 Å². The number of hydrogen-bond acceptors (Lipinski definition) is 4. The molecule has 2 N–H and O–H groups in total. The van der Waals surface area contributed by atoms with Crippen LogP contribution in [0.3, 0.4) is 0 Å². The highest BCUT2D eigenvalue weighted by atomic mass is 16.5. The highest BCUT2D eigenvalue weighted by Crippen LogP contribution is 2.16. The van der Waals surface area contributed by atoms with E-state index in [1.54, 1.807) is 12.4 Å². The molecule has 4 nitrogen and oxygen atoms in total. The van der Waals surface area contributed by atoms with E-state index in [1.807, 2.05) is 26.0 Å². The first-order valence-corrected chi connectivity index (χ1v) is 6.07. The topological polar surface area (TPSA) is 51.4 Å². The van der Waals surface area contributed by atoms with Gasteiger partial charge in [0, 0.05) is 31.5 Å². The molecule has 0 amide bonds. The molecule has 1 unspecified atom stereocenters. The average molecular weight is 237 g/mol. The van der Waals surface area contributed by atoms with Gasteiger partial charge in [-0.1, -0.05) is 0 Å². The van der Waals surface area contributed by atoms with Crippen molar-refractivity contribution in [3.63, 3.8) is 0 Å². The minimum absolute atomic E-state index is 0.230. The van der Waals surface area contributed by atoms with Crippen LogP contribution in [0.25, 0.3) is 0 Å². The molecular weight excluding hydrogens is 214 g/mol. The van der Waals surface area contributed by atoms with Crippen molar-refractivity contribution in [3.05, 3.63) is 30.1 Å². The summed E-state index contributed by atoms with van der Waals surface area (Å²) >= 11 is 0. The predicted octanol–water partition coefficient (Wildman–Crippen LogP) is 1.44. The van der Waals surface area contributed by atoms with E-state index >= 15 is 0 Å². The van der Waals surface area contributed by atoms with E-state index in [1.165, 1.54) is 5.56 Å². The second kappa shape index (κ2) is 7.37. The van der Waals surface area contributed by atoms with Gasteiger partial charge in [-0.15, -0.1) is 0 Å². The first-order valence-electron chi connectivity index (χ1n) is 6.07. The van der Waals surface area contributed by atoms with Crippen LogP contribution in [0.15, 0.2) is 24.5 Å². The largest absolute Gasteiger partial charge is 0.377 e. The standard InChI is InChI=1S/C13H23N3O/c1-11(2)17-9-8-16(3)13(10-14)12-4-6-15-7-5-12/h4-7,11,13H,8-10,14H2,1-3H3. The number of pyridine rings is 1. The Balaban J connectivity index is 2.50. The summed E-state index contributed by atoms with van der Waals surface area (Å²) in [4.78, 5) is 6.24. The monoisotopic (exact) mass is 237 g/mol. The van der Waals surface area contributed by atoms with Crippen molar-refractivity contribution in [1.29, 1.82) is 0 Å². The Morgan fingerprint density at radius 1 is 1.35 bits per heavy atom. The molecule has 0 fully saturated rings. The molecular formula is C13H23N3O. The summed E-state index contributed by atoms with van der Waals surface area (Å²) in [7, 11) is 2.07. The maximum absolute atomic E-state index is 5.83. The molecule has 0 aliphatic rings. The van der Waals surface area contributed by atoms with Crippen LogP contribution < -0.4 is 5.73 Å². The van der Waals surface area contributed by atoms with E-state index in [9.17, 15) is 0 Å². The third kappa shape index (κ3) is 4.81. The summed E-state index contributed by atoms with van der Waals surface area (Å²) in [5, 5.41) is 0. The third-order valence-corrected chi connectivity index (χ3v) is 2.74. The molecule has 0 radical (unpaired) electrons. The Kier molecular flexibility index (Phi) is 6.11. The molecule has 0 spiro atoms. The lowest BCUT2D eigenvalue weighted by atomic mass is 10.1. The van der Waals surface area contributed by atoms with Crippen molar-refractivity contribution in [1.82, 2.24) is 9.88 Å². The molecule has 1 heterocycles. The third-order valence-electron chi connectivity index (χ3n) is 2.74. The van der Waals surface area contributed by atoms with Crippen molar-refractivity contribution in [2.75, 3.05) is 26.7 Å². The smallest absolute Gasteiger partial charge is 0.0597 e. The molecule has 1 aromatic rings. The fraction of sp³-hybridized carbons (Fsp3) is 0.615. The van der Waals surface area contributed by atoms with Gasteiger partial charge in [0.2, 0.25) is 0 Å². The van der Waals surface area contributed by atoms with Gasteiger partial charge in [0.1, 0.15) is 0 Å². The molecule has 1 atom stereocenters. The summed E-state index contributed by atoms with van der Waals surface area (Å²) in [5.41, 5.74) is 7.04. The summed E-state index contributed by atoms with van der Waals surface area (Å²) in [6.07, 6.45) is 3.88. The lowest BCUT2D eigenvalue weighted by molar-refractivity contribution is 0.0564. The van der Waals surface area contributed by atoms with E-state index in [-0.39, 0.29) is 12.1 Å².